The minimum Gasteiger partial charge on any atom is -0.493 e. The van der Waals surface area contributed by atoms with Gasteiger partial charge in [0.25, 0.3) is 0 Å². The van der Waals surface area contributed by atoms with Gasteiger partial charge in [0.1, 0.15) is 5.75 Å². The molecule has 0 radical (unpaired) electrons. The van der Waals surface area contributed by atoms with Crippen LogP contribution in [0.2, 0.25) is 0 Å². The zero-order chi connectivity index (χ0) is 16.5. The van der Waals surface area contributed by atoms with Crippen LogP contribution in [0.5, 0.6) is 5.75 Å². The molecule has 0 saturated carbocycles. The fraction of sp³-hybridized carbons (Fsp3) is 0.632. The van der Waals surface area contributed by atoms with E-state index in [-0.39, 0.29) is 11.9 Å². The molecule has 0 amide bonds. The first-order valence-electron chi connectivity index (χ1n) is 8.78. The number of hydrogen-bond acceptors (Lipinski definition) is 4. The lowest BCUT2D eigenvalue weighted by atomic mass is 9.98. The van der Waals surface area contributed by atoms with Crippen molar-refractivity contribution in [2.24, 2.45) is 5.92 Å². The van der Waals surface area contributed by atoms with Crippen LogP contribution in [0.1, 0.15) is 38.2 Å². The second-order valence-corrected chi connectivity index (χ2v) is 6.21. The quantitative estimate of drug-likeness (QED) is 0.543. The Labute approximate surface area is 139 Å². The summed E-state index contributed by atoms with van der Waals surface area (Å²) in [7, 11) is 0. The van der Waals surface area contributed by atoms with Crippen LogP contribution in [0.4, 0.5) is 0 Å². The Morgan fingerprint density at radius 2 is 2.13 bits per heavy atom. The van der Waals surface area contributed by atoms with E-state index >= 15 is 0 Å². The fourth-order valence-electron chi connectivity index (χ4n) is 3.05. The number of para-hydroxylation sites is 1. The molecular formula is C19H29NO3. The zero-order valence-electron chi connectivity index (χ0n) is 14.4. The van der Waals surface area contributed by atoms with Crippen LogP contribution in [0.25, 0.3) is 0 Å². The van der Waals surface area contributed by atoms with Gasteiger partial charge in [0.15, 0.2) is 0 Å². The smallest absolute Gasteiger partial charge is 0.310 e. The first-order valence-corrected chi connectivity index (χ1v) is 8.78. The van der Waals surface area contributed by atoms with Gasteiger partial charge in [0.05, 0.1) is 19.1 Å². The van der Waals surface area contributed by atoms with Crippen LogP contribution in [0.3, 0.4) is 0 Å². The summed E-state index contributed by atoms with van der Waals surface area (Å²) in [6, 6.07) is 8.12. The molecule has 1 aliphatic rings. The molecule has 1 fully saturated rings. The second-order valence-electron chi connectivity index (χ2n) is 6.21. The molecule has 0 aromatic heterocycles. The SMILES string of the molecule is CCOC(=O)[C@H]1CCCN(CCCCOc2ccccc2C)C1. The number of esters is 1. The van der Waals surface area contributed by atoms with Crippen molar-refractivity contribution in [2.45, 2.75) is 39.5 Å². The van der Waals surface area contributed by atoms with Crippen LogP contribution in [-0.2, 0) is 9.53 Å². The number of piperidine rings is 1. The van der Waals surface area contributed by atoms with E-state index in [1.54, 1.807) is 0 Å². The molecule has 2 rings (SSSR count). The third-order valence-electron chi connectivity index (χ3n) is 4.35. The predicted octanol–water partition coefficient (Wildman–Crippen LogP) is 3.43. The van der Waals surface area contributed by atoms with Crippen LogP contribution in [-0.4, -0.2) is 43.7 Å². The molecule has 0 N–H and O–H groups in total. The van der Waals surface area contributed by atoms with E-state index in [2.05, 4.69) is 17.9 Å². The first kappa shape index (κ1) is 17.8. The highest BCUT2D eigenvalue weighted by molar-refractivity contribution is 5.72. The van der Waals surface area contributed by atoms with Gasteiger partial charge in [-0.25, -0.2) is 0 Å². The van der Waals surface area contributed by atoms with Crippen LogP contribution in [0.15, 0.2) is 24.3 Å². The predicted molar refractivity (Wildman–Crippen MR) is 91.7 cm³/mol. The summed E-state index contributed by atoms with van der Waals surface area (Å²) in [6.45, 7) is 8.14. The summed E-state index contributed by atoms with van der Waals surface area (Å²) < 4.78 is 11.0. The minimum atomic E-state index is -0.0277. The maximum absolute atomic E-state index is 11.8. The van der Waals surface area contributed by atoms with E-state index in [1.807, 2.05) is 25.1 Å². The van der Waals surface area contributed by atoms with E-state index in [4.69, 9.17) is 9.47 Å². The van der Waals surface area contributed by atoms with Gasteiger partial charge in [0, 0.05) is 6.54 Å². The Balaban J connectivity index is 1.62. The molecule has 4 heteroatoms. The number of nitrogens with zero attached hydrogens (tertiary/aromatic N) is 1. The van der Waals surface area contributed by atoms with Crippen molar-refractivity contribution in [3.05, 3.63) is 29.8 Å². The molecule has 0 unspecified atom stereocenters. The molecule has 1 aromatic carbocycles. The van der Waals surface area contributed by atoms with Crippen LogP contribution < -0.4 is 4.74 Å². The fourth-order valence-corrected chi connectivity index (χ4v) is 3.05. The third-order valence-corrected chi connectivity index (χ3v) is 4.35. The molecule has 1 heterocycles. The van der Waals surface area contributed by atoms with E-state index in [9.17, 15) is 4.79 Å². The average Bonchev–Trinajstić information content (AvgIpc) is 2.57. The van der Waals surface area contributed by atoms with Crippen molar-refractivity contribution in [2.75, 3.05) is 32.8 Å². The third kappa shape index (κ3) is 5.87. The number of hydrogen-bond donors (Lipinski definition) is 0. The molecule has 1 atom stereocenters. The van der Waals surface area contributed by atoms with E-state index < -0.39 is 0 Å². The maximum atomic E-state index is 11.8. The highest BCUT2D eigenvalue weighted by atomic mass is 16.5. The lowest BCUT2D eigenvalue weighted by Gasteiger charge is -2.31. The molecule has 4 nitrogen and oxygen atoms in total. The minimum absolute atomic E-state index is 0.0277. The molecule has 23 heavy (non-hydrogen) atoms. The van der Waals surface area contributed by atoms with Crippen molar-refractivity contribution in [1.82, 2.24) is 4.90 Å². The number of rotatable bonds is 8. The molecule has 1 aliphatic heterocycles. The Morgan fingerprint density at radius 3 is 2.91 bits per heavy atom. The zero-order valence-corrected chi connectivity index (χ0v) is 14.4. The number of carbonyl (C=O) groups is 1. The normalized spacial score (nSPS) is 18.6. The number of aryl methyl sites for hydroxylation is 1. The van der Waals surface area contributed by atoms with Crippen molar-refractivity contribution in [3.63, 3.8) is 0 Å². The van der Waals surface area contributed by atoms with Crippen molar-refractivity contribution < 1.29 is 14.3 Å². The molecular weight excluding hydrogens is 290 g/mol. The molecule has 128 valence electrons. The summed E-state index contributed by atoms with van der Waals surface area (Å²) >= 11 is 0. The Hall–Kier alpha value is -1.55. The summed E-state index contributed by atoms with van der Waals surface area (Å²) in [4.78, 5) is 14.2. The average molecular weight is 319 g/mol. The summed E-state index contributed by atoms with van der Waals surface area (Å²) in [5.74, 6) is 1.01. The summed E-state index contributed by atoms with van der Waals surface area (Å²) in [6.07, 6.45) is 4.19. The standard InChI is InChI=1S/C19H29NO3/c1-3-22-19(21)17-10-8-13-20(15-17)12-6-7-14-23-18-11-5-4-9-16(18)2/h4-5,9,11,17H,3,6-8,10,12-15H2,1-2H3/t17-/m0/s1. The first-order chi connectivity index (χ1) is 11.2. The van der Waals surface area contributed by atoms with Crippen molar-refractivity contribution >= 4 is 5.97 Å². The molecule has 0 aliphatic carbocycles. The summed E-state index contributed by atoms with van der Waals surface area (Å²) in [5.41, 5.74) is 1.18. The largest absolute Gasteiger partial charge is 0.493 e. The van der Waals surface area contributed by atoms with E-state index in [0.29, 0.717) is 6.61 Å². The number of carbonyl (C=O) groups excluding carboxylic acids is 1. The highest BCUT2D eigenvalue weighted by Crippen LogP contribution is 2.19. The van der Waals surface area contributed by atoms with Gasteiger partial charge in [-0.15, -0.1) is 0 Å². The van der Waals surface area contributed by atoms with Gasteiger partial charge in [-0.3, -0.25) is 4.79 Å². The van der Waals surface area contributed by atoms with Gasteiger partial charge in [0.2, 0.25) is 0 Å². The Morgan fingerprint density at radius 1 is 1.30 bits per heavy atom. The lowest BCUT2D eigenvalue weighted by Crippen LogP contribution is -2.39. The molecule has 1 saturated heterocycles. The van der Waals surface area contributed by atoms with Gasteiger partial charge in [-0.2, -0.15) is 0 Å². The van der Waals surface area contributed by atoms with E-state index in [0.717, 1.165) is 57.7 Å². The maximum Gasteiger partial charge on any atom is 0.310 e. The molecule has 0 bridgehead atoms. The van der Waals surface area contributed by atoms with Gasteiger partial charge in [-0.05, 0) is 64.3 Å². The number of unbranched alkanes of at least 4 members (excludes halogenated alkanes) is 1. The molecule has 0 spiro atoms. The van der Waals surface area contributed by atoms with Crippen LogP contribution in [0, 0.1) is 12.8 Å². The lowest BCUT2D eigenvalue weighted by molar-refractivity contribution is -0.149. The monoisotopic (exact) mass is 319 g/mol. The Bertz CT molecular complexity index is 489. The Kier molecular flexibility index (Phi) is 7.40. The van der Waals surface area contributed by atoms with Crippen molar-refractivity contribution in [1.29, 1.82) is 0 Å². The van der Waals surface area contributed by atoms with Gasteiger partial charge >= 0.3 is 5.97 Å². The van der Waals surface area contributed by atoms with Gasteiger partial charge < -0.3 is 14.4 Å². The van der Waals surface area contributed by atoms with Gasteiger partial charge in [-0.1, -0.05) is 18.2 Å². The number of likely N-dealkylation sites (tertiary alicyclic amines) is 1. The number of benzene rings is 1. The van der Waals surface area contributed by atoms with Crippen LogP contribution >= 0.6 is 0 Å². The topological polar surface area (TPSA) is 38.8 Å². The second kappa shape index (κ2) is 9.56. The van der Waals surface area contributed by atoms with Crippen molar-refractivity contribution in [3.8, 4) is 5.75 Å². The number of ether oxygens (including phenoxy) is 2. The summed E-state index contributed by atoms with van der Waals surface area (Å²) in [5, 5.41) is 0. The molecule has 1 aromatic rings. The van der Waals surface area contributed by atoms with E-state index in [1.165, 1.54) is 5.56 Å². The highest BCUT2D eigenvalue weighted by Gasteiger charge is 2.26.